The molecular weight excluding hydrogens is 458 g/mol. The average Bonchev–Trinajstić information content (AvgIpc) is 3.38. The maximum Gasteiger partial charge on any atom is 0.231 e. The third-order valence-electron chi connectivity index (χ3n) is 5.75. The van der Waals surface area contributed by atoms with Crippen molar-refractivity contribution in [2.24, 2.45) is 0 Å². The summed E-state index contributed by atoms with van der Waals surface area (Å²) in [4.78, 5) is 21.9. The van der Waals surface area contributed by atoms with Crippen molar-refractivity contribution < 1.29 is 15.6 Å². The van der Waals surface area contributed by atoms with Gasteiger partial charge in [0.15, 0.2) is 11.5 Å². The molecule has 0 bridgehead atoms. The standard InChI is InChI=1S/C24H27N7O3.C2H6.H2/c1-30(17-6-10-19(33-3)11-7-17)24-26-20-21(28-24)27-23(25-16-4-8-18(32-2)9-5-16)29-22(20)31-12-14-34-15-13-31;1-2;/h4-11H,12-15H2,1-3H3,(H2,25,26,27,28,29);1-2H3;1H. The van der Waals surface area contributed by atoms with Crippen molar-refractivity contribution in [2.75, 3.05) is 62.7 Å². The smallest absolute Gasteiger partial charge is 0.231 e. The van der Waals surface area contributed by atoms with Gasteiger partial charge < -0.3 is 34.3 Å². The van der Waals surface area contributed by atoms with Crippen LogP contribution >= 0.6 is 0 Å². The van der Waals surface area contributed by atoms with E-state index in [0.29, 0.717) is 30.8 Å². The van der Waals surface area contributed by atoms with Gasteiger partial charge in [-0.3, -0.25) is 0 Å². The third-order valence-corrected chi connectivity index (χ3v) is 5.75. The Morgan fingerprint density at radius 1 is 0.917 bits per heavy atom. The summed E-state index contributed by atoms with van der Waals surface area (Å²) in [5, 5.41) is 3.29. The molecule has 0 spiro atoms. The second-order valence-corrected chi connectivity index (χ2v) is 7.84. The van der Waals surface area contributed by atoms with Crippen molar-refractivity contribution in [3.63, 3.8) is 0 Å². The zero-order chi connectivity index (χ0) is 25.5. The molecular formula is C26H35N7O3. The largest absolute Gasteiger partial charge is 0.497 e. The maximum atomic E-state index is 5.54. The van der Waals surface area contributed by atoms with Crippen LogP contribution in [0.4, 0.5) is 29.1 Å². The number of H-pyrrole nitrogens is 1. The van der Waals surface area contributed by atoms with Gasteiger partial charge in [0.1, 0.15) is 17.0 Å². The van der Waals surface area contributed by atoms with Crippen LogP contribution in [0.5, 0.6) is 11.5 Å². The Kier molecular flexibility index (Phi) is 8.06. The van der Waals surface area contributed by atoms with Gasteiger partial charge in [-0.15, -0.1) is 0 Å². The van der Waals surface area contributed by atoms with E-state index in [2.05, 4.69) is 15.2 Å². The Morgan fingerprint density at radius 3 is 2.14 bits per heavy atom. The fraction of sp³-hybridized carbons (Fsp3) is 0.346. The number of rotatable bonds is 7. The maximum absolute atomic E-state index is 5.54. The minimum atomic E-state index is 0. The van der Waals surface area contributed by atoms with Crippen LogP contribution in [0, 0.1) is 0 Å². The van der Waals surface area contributed by atoms with Crippen molar-refractivity contribution >= 4 is 40.3 Å². The Morgan fingerprint density at radius 2 is 1.53 bits per heavy atom. The monoisotopic (exact) mass is 493 g/mol. The molecule has 0 radical (unpaired) electrons. The fourth-order valence-corrected chi connectivity index (χ4v) is 3.82. The van der Waals surface area contributed by atoms with Crippen molar-refractivity contribution in [3.05, 3.63) is 48.5 Å². The Hall–Kier alpha value is -4.05. The predicted octanol–water partition coefficient (Wildman–Crippen LogP) is 4.99. The van der Waals surface area contributed by atoms with Crippen LogP contribution in [-0.2, 0) is 4.74 Å². The number of benzene rings is 2. The van der Waals surface area contributed by atoms with Crippen molar-refractivity contribution in [2.45, 2.75) is 13.8 Å². The highest BCUT2D eigenvalue weighted by atomic mass is 16.5. The molecule has 2 N–H and O–H groups in total. The van der Waals surface area contributed by atoms with Gasteiger partial charge in [0.2, 0.25) is 11.9 Å². The first-order valence-electron chi connectivity index (χ1n) is 12.0. The van der Waals surface area contributed by atoms with E-state index in [1.54, 1.807) is 14.2 Å². The van der Waals surface area contributed by atoms with Gasteiger partial charge in [-0.1, -0.05) is 13.8 Å². The van der Waals surface area contributed by atoms with Crippen LogP contribution in [0.25, 0.3) is 11.2 Å². The molecule has 0 atom stereocenters. The lowest BCUT2D eigenvalue weighted by Crippen LogP contribution is -2.37. The summed E-state index contributed by atoms with van der Waals surface area (Å²) >= 11 is 0. The highest BCUT2D eigenvalue weighted by molar-refractivity contribution is 5.87. The van der Waals surface area contributed by atoms with Crippen LogP contribution in [0.1, 0.15) is 15.3 Å². The number of morpholine rings is 1. The van der Waals surface area contributed by atoms with E-state index in [1.807, 2.05) is 74.3 Å². The number of anilines is 5. The van der Waals surface area contributed by atoms with Crippen molar-refractivity contribution in [1.82, 2.24) is 19.9 Å². The lowest BCUT2D eigenvalue weighted by molar-refractivity contribution is 0.122. The lowest BCUT2D eigenvalue weighted by atomic mass is 10.3. The minimum absolute atomic E-state index is 0. The molecule has 1 aliphatic rings. The molecule has 1 fully saturated rings. The van der Waals surface area contributed by atoms with Crippen molar-refractivity contribution in [1.29, 1.82) is 0 Å². The van der Waals surface area contributed by atoms with Crippen LogP contribution in [-0.4, -0.2) is 67.5 Å². The normalized spacial score (nSPS) is 13.1. The molecule has 5 rings (SSSR count). The number of aromatic nitrogens is 4. The molecule has 1 aliphatic heterocycles. The molecule has 10 nitrogen and oxygen atoms in total. The van der Waals surface area contributed by atoms with Gasteiger partial charge in [0.05, 0.1) is 27.4 Å². The number of hydrogen-bond acceptors (Lipinski definition) is 9. The number of imidazole rings is 1. The number of aromatic amines is 1. The number of methoxy groups -OCH3 is 2. The molecule has 0 saturated carbocycles. The summed E-state index contributed by atoms with van der Waals surface area (Å²) in [6, 6.07) is 15.4. The number of nitrogens with one attached hydrogen (secondary N) is 2. The zero-order valence-corrected chi connectivity index (χ0v) is 21.4. The van der Waals surface area contributed by atoms with Gasteiger partial charge in [-0.2, -0.15) is 15.0 Å². The van der Waals surface area contributed by atoms with Gasteiger partial charge >= 0.3 is 0 Å². The molecule has 0 aliphatic carbocycles. The second kappa shape index (κ2) is 11.6. The zero-order valence-electron chi connectivity index (χ0n) is 21.4. The van der Waals surface area contributed by atoms with Crippen LogP contribution in [0.3, 0.4) is 0 Å². The first-order chi connectivity index (χ1) is 17.6. The third kappa shape index (κ3) is 5.44. The van der Waals surface area contributed by atoms with E-state index in [-0.39, 0.29) is 1.43 Å². The molecule has 1 saturated heterocycles. The summed E-state index contributed by atoms with van der Waals surface area (Å²) in [7, 11) is 5.26. The molecule has 2 aromatic heterocycles. The molecule has 2 aromatic carbocycles. The lowest BCUT2D eigenvalue weighted by Gasteiger charge is -2.28. The summed E-state index contributed by atoms with van der Waals surface area (Å²) in [5.41, 5.74) is 3.21. The van der Waals surface area contributed by atoms with E-state index in [0.717, 1.165) is 47.3 Å². The molecule has 10 heteroatoms. The average molecular weight is 494 g/mol. The number of ether oxygens (including phenoxy) is 3. The number of fused-ring (bicyclic) bond motifs is 1. The number of nitrogens with zero attached hydrogens (tertiary/aromatic N) is 5. The van der Waals surface area contributed by atoms with Gasteiger partial charge in [-0.25, -0.2) is 0 Å². The summed E-state index contributed by atoms with van der Waals surface area (Å²) in [6.45, 7) is 6.80. The minimum Gasteiger partial charge on any atom is -0.497 e. The van der Waals surface area contributed by atoms with E-state index in [1.165, 1.54) is 0 Å². The van der Waals surface area contributed by atoms with Crippen LogP contribution in [0.15, 0.2) is 48.5 Å². The van der Waals surface area contributed by atoms with Gasteiger partial charge in [0, 0.05) is 32.9 Å². The van der Waals surface area contributed by atoms with E-state index < -0.39 is 0 Å². The van der Waals surface area contributed by atoms with Crippen molar-refractivity contribution in [3.8, 4) is 11.5 Å². The molecule has 36 heavy (non-hydrogen) atoms. The fourth-order valence-electron chi connectivity index (χ4n) is 3.82. The molecule has 4 aromatic rings. The Balaban J connectivity index is 0.00000124. The molecule has 192 valence electrons. The highest BCUT2D eigenvalue weighted by Gasteiger charge is 2.21. The summed E-state index contributed by atoms with van der Waals surface area (Å²) in [6.07, 6.45) is 0. The first-order valence-corrected chi connectivity index (χ1v) is 12.0. The van der Waals surface area contributed by atoms with Crippen LogP contribution in [0.2, 0.25) is 0 Å². The highest BCUT2D eigenvalue weighted by Crippen LogP contribution is 2.30. The van der Waals surface area contributed by atoms with E-state index >= 15 is 0 Å². The predicted molar refractivity (Wildman–Crippen MR) is 146 cm³/mol. The van der Waals surface area contributed by atoms with E-state index in [4.69, 9.17) is 29.2 Å². The second-order valence-electron chi connectivity index (χ2n) is 7.84. The first kappa shape index (κ1) is 25.1. The molecule has 0 amide bonds. The summed E-state index contributed by atoms with van der Waals surface area (Å²) in [5.74, 6) is 3.53. The summed E-state index contributed by atoms with van der Waals surface area (Å²) < 4.78 is 16.1. The molecule has 3 heterocycles. The molecule has 0 unspecified atom stereocenters. The van der Waals surface area contributed by atoms with Gasteiger partial charge in [0.25, 0.3) is 0 Å². The van der Waals surface area contributed by atoms with Crippen LogP contribution < -0.4 is 24.6 Å². The quantitative estimate of drug-likeness (QED) is 0.369. The number of hydrogen-bond donors (Lipinski definition) is 2. The Bertz CT molecular complexity index is 1260. The Labute approximate surface area is 212 Å². The van der Waals surface area contributed by atoms with Gasteiger partial charge in [-0.05, 0) is 48.5 Å². The SMILES string of the molecule is CC.COc1ccc(Nc2nc(N3CCOCC3)c3[nH]c(N(C)c4ccc(OC)cc4)nc3n2)cc1.[HH]. The topological polar surface area (TPSA) is 101 Å². The van der Waals surface area contributed by atoms with E-state index in [9.17, 15) is 0 Å².